The van der Waals surface area contributed by atoms with Crippen molar-refractivity contribution in [1.29, 1.82) is 0 Å². The number of halogens is 1. The summed E-state index contributed by atoms with van der Waals surface area (Å²) in [5, 5.41) is 13.3. The molecule has 2 aromatic rings. The molecule has 0 aliphatic carbocycles. The number of rotatable bonds is 7. The summed E-state index contributed by atoms with van der Waals surface area (Å²) < 4.78 is 5.92. The Bertz CT molecular complexity index is 703. The smallest absolute Gasteiger partial charge is 0.313 e. The third kappa shape index (κ3) is 5.41. The first-order chi connectivity index (χ1) is 12.0. The number of carbonyl (C=O) groups is 2. The highest BCUT2D eigenvalue weighted by Gasteiger charge is 2.30. The van der Waals surface area contributed by atoms with Crippen LogP contribution in [0, 0.1) is 5.92 Å². The van der Waals surface area contributed by atoms with Gasteiger partial charge in [0.2, 0.25) is 0 Å². The van der Waals surface area contributed by atoms with Gasteiger partial charge in [0.25, 0.3) is 5.91 Å². The van der Waals surface area contributed by atoms with Crippen molar-refractivity contribution in [2.24, 2.45) is 5.92 Å². The molecule has 0 bridgehead atoms. The van der Waals surface area contributed by atoms with Crippen LogP contribution in [-0.2, 0) is 9.53 Å². The van der Waals surface area contributed by atoms with Crippen molar-refractivity contribution in [2.45, 2.75) is 13.0 Å². The van der Waals surface area contributed by atoms with Crippen molar-refractivity contribution in [3.05, 3.63) is 70.2 Å². The van der Waals surface area contributed by atoms with Gasteiger partial charge in [-0.3, -0.25) is 9.59 Å². The Kier molecular flexibility index (Phi) is 7.16. The van der Waals surface area contributed by atoms with Crippen molar-refractivity contribution < 1.29 is 19.4 Å². The Morgan fingerprint density at radius 3 is 2.36 bits per heavy atom. The topological polar surface area (TPSA) is 75.6 Å². The highest BCUT2D eigenvalue weighted by atomic mass is 79.9. The van der Waals surface area contributed by atoms with Gasteiger partial charge in [0.1, 0.15) is 5.92 Å². The van der Waals surface area contributed by atoms with Crippen LogP contribution in [0.4, 0.5) is 0 Å². The average Bonchev–Trinajstić information content (AvgIpc) is 2.63. The van der Waals surface area contributed by atoms with Gasteiger partial charge >= 0.3 is 5.97 Å². The number of benzene rings is 2. The largest absolute Gasteiger partial charge is 0.466 e. The van der Waals surface area contributed by atoms with E-state index in [-0.39, 0.29) is 19.1 Å². The molecule has 0 aliphatic rings. The number of ether oxygens (including phenoxy) is 1. The van der Waals surface area contributed by atoms with Gasteiger partial charge in [-0.15, -0.1) is 0 Å². The maximum absolute atomic E-state index is 12.2. The van der Waals surface area contributed by atoms with E-state index in [1.54, 1.807) is 55.5 Å². The van der Waals surface area contributed by atoms with E-state index < -0.39 is 18.0 Å². The van der Waals surface area contributed by atoms with Crippen LogP contribution in [0.5, 0.6) is 0 Å². The summed E-state index contributed by atoms with van der Waals surface area (Å²) in [6.07, 6.45) is -1.08. The molecule has 2 rings (SSSR count). The van der Waals surface area contributed by atoms with Gasteiger partial charge in [0.05, 0.1) is 12.7 Å². The van der Waals surface area contributed by atoms with E-state index in [2.05, 4.69) is 21.2 Å². The summed E-state index contributed by atoms with van der Waals surface area (Å²) in [6, 6.07) is 15.7. The third-order valence-electron chi connectivity index (χ3n) is 3.70. The van der Waals surface area contributed by atoms with Crippen LogP contribution in [-0.4, -0.2) is 30.1 Å². The van der Waals surface area contributed by atoms with Crippen LogP contribution in [0.15, 0.2) is 59.1 Å². The Morgan fingerprint density at radius 1 is 1.12 bits per heavy atom. The molecular weight excluding hydrogens is 386 g/mol. The molecule has 0 heterocycles. The quantitative estimate of drug-likeness (QED) is 0.693. The second-order valence-electron chi connectivity index (χ2n) is 5.43. The van der Waals surface area contributed by atoms with Gasteiger partial charge in [-0.05, 0) is 36.8 Å². The number of hydrogen-bond acceptors (Lipinski definition) is 4. The summed E-state index contributed by atoms with van der Waals surface area (Å²) in [5.74, 6) is -1.75. The molecule has 0 fully saturated rings. The molecule has 0 spiro atoms. The predicted octanol–water partition coefficient (Wildman–Crippen LogP) is 3.09. The first kappa shape index (κ1) is 19.1. The van der Waals surface area contributed by atoms with Crippen LogP contribution in [0.3, 0.4) is 0 Å². The van der Waals surface area contributed by atoms with Crippen LogP contribution in [0.25, 0.3) is 0 Å². The summed E-state index contributed by atoms with van der Waals surface area (Å²) in [6.45, 7) is 1.88. The van der Waals surface area contributed by atoms with Gasteiger partial charge in [0, 0.05) is 16.6 Å². The molecule has 0 unspecified atom stereocenters. The lowest BCUT2D eigenvalue weighted by Crippen LogP contribution is -2.37. The van der Waals surface area contributed by atoms with E-state index >= 15 is 0 Å². The Hall–Kier alpha value is -2.18. The predicted molar refractivity (Wildman–Crippen MR) is 98.0 cm³/mol. The van der Waals surface area contributed by atoms with Gasteiger partial charge in [0.15, 0.2) is 0 Å². The van der Waals surface area contributed by atoms with Crippen LogP contribution in [0.2, 0.25) is 0 Å². The van der Waals surface area contributed by atoms with Crippen molar-refractivity contribution in [3.63, 3.8) is 0 Å². The van der Waals surface area contributed by atoms with Crippen molar-refractivity contribution in [2.75, 3.05) is 13.2 Å². The summed E-state index contributed by atoms with van der Waals surface area (Å²) in [7, 11) is 0. The molecule has 6 heteroatoms. The number of nitrogens with one attached hydrogen (secondary N) is 1. The number of aliphatic hydroxyl groups is 1. The monoisotopic (exact) mass is 405 g/mol. The minimum atomic E-state index is -1.08. The summed E-state index contributed by atoms with van der Waals surface area (Å²) in [4.78, 5) is 24.4. The fourth-order valence-electron chi connectivity index (χ4n) is 2.36. The first-order valence-corrected chi connectivity index (χ1v) is 8.75. The Labute approximate surface area is 155 Å². The molecule has 5 nitrogen and oxygen atoms in total. The van der Waals surface area contributed by atoms with Gasteiger partial charge in [-0.25, -0.2) is 0 Å². The van der Waals surface area contributed by atoms with Crippen LogP contribution in [0.1, 0.15) is 28.9 Å². The van der Waals surface area contributed by atoms with Crippen molar-refractivity contribution in [3.8, 4) is 0 Å². The van der Waals surface area contributed by atoms with E-state index in [4.69, 9.17) is 4.74 Å². The molecule has 0 saturated carbocycles. The molecule has 0 radical (unpaired) electrons. The first-order valence-electron chi connectivity index (χ1n) is 7.96. The molecule has 132 valence electrons. The zero-order valence-corrected chi connectivity index (χ0v) is 15.4. The Morgan fingerprint density at radius 2 is 1.76 bits per heavy atom. The molecule has 1 amide bonds. The van der Waals surface area contributed by atoms with E-state index in [0.29, 0.717) is 11.1 Å². The zero-order valence-electron chi connectivity index (χ0n) is 13.8. The van der Waals surface area contributed by atoms with Crippen LogP contribution >= 0.6 is 15.9 Å². The number of hydrogen-bond donors (Lipinski definition) is 2. The summed E-state index contributed by atoms with van der Waals surface area (Å²) in [5.41, 5.74) is 1.07. The number of amides is 1. The van der Waals surface area contributed by atoms with E-state index in [1.807, 2.05) is 6.07 Å². The number of carbonyl (C=O) groups excluding carboxylic acids is 2. The molecule has 2 aromatic carbocycles. The highest BCUT2D eigenvalue weighted by Crippen LogP contribution is 2.24. The highest BCUT2D eigenvalue weighted by molar-refractivity contribution is 9.10. The summed E-state index contributed by atoms with van der Waals surface area (Å²) >= 11 is 3.33. The normalized spacial score (nSPS) is 12.9. The molecule has 25 heavy (non-hydrogen) atoms. The standard InChI is InChI=1S/C19H20BrNO4/c1-2-25-19(24)16(17(22)13-8-10-15(20)11-9-13)12-21-18(23)14-6-4-3-5-7-14/h3-11,16-17,22H,2,12H2,1H3,(H,21,23)/t16-,17-/m1/s1. The number of aliphatic hydroxyl groups excluding tert-OH is 1. The van der Waals surface area contributed by atoms with Crippen LogP contribution < -0.4 is 5.32 Å². The second-order valence-corrected chi connectivity index (χ2v) is 6.35. The number of esters is 1. The SMILES string of the molecule is CCOC(=O)[C@H](CNC(=O)c1ccccc1)[C@H](O)c1ccc(Br)cc1. The maximum atomic E-state index is 12.2. The maximum Gasteiger partial charge on any atom is 0.313 e. The van der Waals surface area contributed by atoms with Crippen molar-refractivity contribution in [1.82, 2.24) is 5.32 Å². The lowest BCUT2D eigenvalue weighted by molar-refractivity contribution is -0.151. The van der Waals surface area contributed by atoms with Crippen molar-refractivity contribution >= 4 is 27.8 Å². The lowest BCUT2D eigenvalue weighted by Gasteiger charge is -2.22. The molecule has 0 aromatic heterocycles. The van der Waals surface area contributed by atoms with E-state index in [1.165, 1.54) is 0 Å². The zero-order chi connectivity index (χ0) is 18.2. The third-order valence-corrected chi connectivity index (χ3v) is 4.23. The van der Waals surface area contributed by atoms with E-state index in [9.17, 15) is 14.7 Å². The molecule has 2 N–H and O–H groups in total. The molecule has 2 atom stereocenters. The molecular formula is C19H20BrNO4. The minimum Gasteiger partial charge on any atom is -0.466 e. The second kappa shape index (κ2) is 9.34. The minimum absolute atomic E-state index is 0.0240. The molecule has 0 aliphatic heterocycles. The Balaban J connectivity index is 2.11. The average molecular weight is 406 g/mol. The fourth-order valence-corrected chi connectivity index (χ4v) is 2.62. The fraction of sp³-hybridized carbons (Fsp3) is 0.263. The van der Waals surface area contributed by atoms with Gasteiger partial charge in [-0.2, -0.15) is 0 Å². The van der Waals surface area contributed by atoms with E-state index in [0.717, 1.165) is 4.47 Å². The van der Waals surface area contributed by atoms with Gasteiger partial charge in [-0.1, -0.05) is 46.3 Å². The molecule has 0 saturated heterocycles. The van der Waals surface area contributed by atoms with Gasteiger partial charge < -0.3 is 15.2 Å². The lowest BCUT2D eigenvalue weighted by atomic mass is 9.95.